The Morgan fingerprint density at radius 3 is 2.43 bits per heavy atom. The van der Waals surface area contributed by atoms with Crippen molar-refractivity contribution in [1.82, 2.24) is 10.0 Å². The van der Waals surface area contributed by atoms with Crippen LogP contribution < -0.4 is 10.0 Å². The van der Waals surface area contributed by atoms with Crippen LogP contribution in [0.15, 0.2) is 29.2 Å². The molecule has 0 radical (unpaired) electrons. The summed E-state index contributed by atoms with van der Waals surface area (Å²) in [6, 6.07) is 5.43. The molecule has 8 heteroatoms. The van der Waals surface area contributed by atoms with Crippen LogP contribution in [0.2, 0.25) is 0 Å². The van der Waals surface area contributed by atoms with E-state index < -0.39 is 16.1 Å². The number of rotatable bonds is 8. The van der Waals surface area contributed by atoms with Crippen LogP contribution in [0.25, 0.3) is 0 Å². The standard InChI is InChI=1S/C13H20N2O5S/c1-10(17)14-7-11-3-5-13(6-4-11)21(18,19)15-12(8-16)9-20-2/h3-6,12,15-16H,7-9H2,1-2H3,(H,14,17). The van der Waals surface area contributed by atoms with Gasteiger partial charge in [0, 0.05) is 20.6 Å². The van der Waals surface area contributed by atoms with Gasteiger partial charge in [-0.3, -0.25) is 4.79 Å². The minimum Gasteiger partial charge on any atom is -0.395 e. The number of nitrogens with one attached hydrogen (secondary N) is 2. The van der Waals surface area contributed by atoms with Gasteiger partial charge in [-0.25, -0.2) is 13.1 Å². The summed E-state index contributed by atoms with van der Waals surface area (Å²) in [7, 11) is -2.29. The Morgan fingerprint density at radius 1 is 1.33 bits per heavy atom. The van der Waals surface area contributed by atoms with Gasteiger partial charge in [0.25, 0.3) is 0 Å². The van der Waals surface area contributed by atoms with Crippen LogP contribution >= 0.6 is 0 Å². The fraction of sp³-hybridized carbons (Fsp3) is 0.462. The summed E-state index contributed by atoms with van der Waals surface area (Å²) >= 11 is 0. The molecule has 0 aliphatic heterocycles. The predicted octanol–water partition coefficient (Wildman–Crippen LogP) is -0.392. The number of methoxy groups -OCH3 is 1. The van der Waals surface area contributed by atoms with Crippen LogP contribution in [-0.2, 0) is 26.1 Å². The summed E-state index contributed by atoms with van der Waals surface area (Å²) in [6.45, 7) is 1.48. The van der Waals surface area contributed by atoms with Crippen molar-refractivity contribution in [2.45, 2.75) is 24.4 Å². The van der Waals surface area contributed by atoms with E-state index in [1.165, 1.54) is 26.2 Å². The Kier molecular flexibility index (Phi) is 6.76. The number of aliphatic hydroxyl groups excluding tert-OH is 1. The third-order valence-electron chi connectivity index (χ3n) is 2.69. The molecule has 0 heterocycles. The number of aliphatic hydroxyl groups is 1. The lowest BCUT2D eigenvalue weighted by atomic mass is 10.2. The lowest BCUT2D eigenvalue weighted by Gasteiger charge is -2.15. The van der Waals surface area contributed by atoms with Crippen molar-refractivity contribution in [3.8, 4) is 0 Å². The van der Waals surface area contributed by atoms with Crippen LogP contribution in [0, 0.1) is 0 Å². The lowest BCUT2D eigenvalue weighted by Crippen LogP contribution is -2.40. The van der Waals surface area contributed by atoms with Crippen molar-refractivity contribution in [2.24, 2.45) is 0 Å². The molecule has 1 unspecified atom stereocenters. The number of sulfonamides is 1. The van der Waals surface area contributed by atoms with Gasteiger partial charge in [0.1, 0.15) is 0 Å². The third kappa shape index (κ3) is 5.80. The van der Waals surface area contributed by atoms with Crippen molar-refractivity contribution in [3.63, 3.8) is 0 Å². The fourth-order valence-corrected chi connectivity index (χ4v) is 2.84. The second-order valence-corrected chi connectivity index (χ2v) is 6.22. The number of hydrogen-bond donors (Lipinski definition) is 3. The minimum atomic E-state index is -3.72. The number of hydrogen-bond acceptors (Lipinski definition) is 5. The zero-order valence-electron chi connectivity index (χ0n) is 12.0. The maximum Gasteiger partial charge on any atom is 0.240 e. The highest BCUT2D eigenvalue weighted by atomic mass is 32.2. The predicted molar refractivity (Wildman–Crippen MR) is 77.0 cm³/mol. The summed E-state index contributed by atoms with van der Waals surface area (Å²) in [5.74, 6) is -0.154. The molecule has 1 aromatic carbocycles. The first kappa shape index (κ1) is 17.6. The number of ether oxygens (including phenoxy) is 1. The maximum absolute atomic E-state index is 12.1. The highest BCUT2D eigenvalue weighted by Crippen LogP contribution is 2.11. The number of amides is 1. The van der Waals surface area contributed by atoms with Crippen LogP contribution in [0.3, 0.4) is 0 Å². The largest absolute Gasteiger partial charge is 0.395 e. The Hall–Kier alpha value is -1.48. The highest BCUT2D eigenvalue weighted by molar-refractivity contribution is 7.89. The van der Waals surface area contributed by atoms with Crippen molar-refractivity contribution >= 4 is 15.9 Å². The van der Waals surface area contributed by atoms with E-state index in [9.17, 15) is 13.2 Å². The molecule has 0 aromatic heterocycles. The molecule has 1 amide bonds. The van der Waals surface area contributed by atoms with Gasteiger partial charge in [-0.1, -0.05) is 12.1 Å². The molecule has 0 saturated carbocycles. The quantitative estimate of drug-likeness (QED) is 0.606. The molecule has 0 bridgehead atoms. The van der Waals surface area contributed by atoms with Crippen molar-refractivity contribution in [3.05, 3.63) is 29.8 Å². The molecule has 21 heavy (non-hydrogen) atoms. The average Bonchev–Trinajstić information content (AvgIpc) is 2.45. The van der Waals surface area contributed by atoms with Gasteiger partial charge in [-0.15, -0.1) is 0 Å². The van der Waals surface area contributed by atoms with Gasteiger partial charge >= 0.3 is 0 Å². The zero-order chi connectivity index (χ0) is 15.9. The van der Waals surface area contributed by atoms with E-state index >= 15 is 0 Å². The molecule has 118 valence electrons. The Morgan fingerprint density at radius 2 is 1.95 bits per heavy atom. The van der Waals surface area contributed by atoms with E-state index in [-0.39, 0.29) is 24.0 Å². The van der Waals surface area contributed by atoms with Crippen LogP contribution in [0.1, 0.15) is 12.5 Å². The van der Waals surface area contributed by atoms with Crippen molar-refractivity contribution in [2.75, 3.05) is 20.3 Å². The van der Waals surface area contributed by atoms with Crippen LogP contribution in [0.4, 0.5) is 0 Å². The molecule has 0 fully saturated rings. The second-order valence-electron chi connectivity index (χ2n) is 4.51. The van der Waals surface area contributed by atoms with E-state index in [0.29, 0.717) is 6.54 Å². The number of carbonyl (C=O) groups excluding carboxylic acids is 1. The first-order chi connectivity index (χ1) is 9.89. The third-order valence-corrected chi connectivity index (χ3v) is 4.22. The summed E-state index contributed by atoms with van der Waals surface area (Å²) in [6.07, 6.45) is 0. The summed E-state index contributed by atoms with van der Waals surface area (Å²) in [5.41, 5.74) is 0.791. The van der Waals surface area contributed by atoms with Gasteiger partial charge in [-0.2, -0.15) is 0 Å². The maximum atomic E-state index is 12.1. The van der Waals surface area contributed by atoms with Crippen molar-refractivity contribution < 1.29 is 23.1 Å². The normalized spacial score (nSPS) is 12.9. The molecule has 7 nitrogen and oxygen atoms in total. The number of benzene rings is 1. The first-order valence-electron chi connectivity index (χ1n) is 6.34. The van der Waals surface area contributed by atoms with Gasteiger partial charge in [0.2, 0.25) is 15.9 Å². The van der Waals surface area contributed by atoms with Crippen LogP contribution in [0.5, 0.6) is 0 Å². The lowest BCUT2D eigenvalue weighted by molar-refractivity contribution is -0.119. The molecule has 0 saturated heterocycles. The topological polar surface area (TPSA) is 105 Å². The summed E-state index contributed by atoms with van der Waals surface area (Å²) in [4.78, 5) is 10.9. The van der Waals surface area contributed by atoms with E-state index in [1.807, 2.05) is 0 Å². The number of carbonyl (C=O) groups is 1. The monoisotopic (exact) mass is 316 g/mol. The molecule has 0 aliphatic rings. The van der Waals surface area contributed by atoms with E-state index in [0.717, 1.165) is 5.56 Å². The Balaban J connectivity index is 2.77. The highest BCUT2D eigenvalue weighted by Gasteiger charge is 2.19. The zero-order valence-corrected chi connectivity index (χ0v) is 12.8. The average molecular weight is 316 g/mol. The summed E-state index contributed by atoms with van der Waals surface area (Å²) < 4.78 is 31.4. The molecule has 1 rings (SSSR count). The molecular weight excluding hydrogens is 296 g/mol. The molecular formula is C13H20N2O5S. The van der Waals surface area contributed by atoms with Gasteiger partial charge in [0.05, 0.1) is 24.2 Å². The van der Waals surface area contributed by atoms with Gasteiger partial charge in [-0.05, 0) is 17.7 Å². The van der Waals surface area contributed by atoms with Gasteiger partial charge < -0.3 is 15.2 Å². The molecule has 0 aliphatic carbocycles. The summed E-state index contributed by atoms with van der Waals surface area (Å²) in [5, 5.41) is 11.7. The fourth-order valence-electron chi connectivity index (χ4n) is 1.63. The van der Waals surface area contributed by atoms with E-state index in [1.54, 1.807) is 12.1 Å². The Bertz CT molecular complexity index is 556. The van der Waals surface area contributed by atoms with E-state index in [2.05, 4.69) is 10.0 Å². The second kappa shape index (κ2) is 8.08. The van der Waals surface area contributed by atoms with Crippen molar-refractivity contribution in [1.29, 1.82) is 0 Å². The molecule has 3 N–H and O–H groups in total. The van der Waals surface area contributed by atoms with Crippen LogP contribution in [-0.4, -0.2) is 45.8 Å². The molecule has 0 spiro atoms. The SMILES string of the molecule is COCC(CO)NS(=O)(=O)c1ccc(CNC(C)=O)cc1. The molecule has 1 atom stereocenters. The smallest absolute Gasteiger partial charge is 0.240 e. The first-order valence-corrected chi connectivity index (χ1v) is 7.83. The molecule has 1 aromatic rings. The Labute approximate surface area is 124 Å². The minimum absolute atomic E-state index is 0.0797. The van der Waals surface area contributed by atoms with E-state index in [4.69, 9.17) is 9.84 Å². The van der Waals surface area contributed by atoms with Gasteiger partial charge in [0.15, 0.2) is 0 Å².